The van der Waals surface area contributed by atoms with E-state index in [9.17, 15) is 4.79 Å². The molecule has 0 saturated carbocycles. The molecule has 2 aliphatic heterocycles. The average molecular weight is 407 g/mol. The van der Waals surface area contributed by atoms with Crippen molar-refractivity contribution in [1.29, 1.82) is 0 Å². The van der Waals surface area contributed by atoms with E-state index in [-0.39, 0.29) is 17.8 Å². The van der Waals surface area contributed by atoms with Crippen LogP contribution in [0.4, 0.5) is 0 Å². The van der Waals surface area contributed by atoms with Crippen LogP contribution in [0.5, 0.6) is 0 Å². The topological polar surface area (TPSA) is 32.3 Å². The van der Waals surface area contributed by atoms with Gasteiger partial charge >= 0.3 is 0 Å². The van der Waals surface area contributed by atoms with Gasteiger partial charge in [0.15, 0.2) is 0 Å². The molecular weight excluding hydrogens is 387 g/mol. The minimum atomic E-state index is -0.0501. The Balaban J connectivity index is 0.00000147. The highest BCUT2D eigenvalue weighted by Crippen LogP contribution is 2.40. The Morgan fingerprint density at radius 1 is 1.20 bits per heavy atom. The molecule has 1 N–H and O–H groups in total. The third-order valence-electron chi connectivity index (χ3n) is 4.48. The molecule has 2 fully saturated rings. The summed E-state index contributed by atoms with van der Waals surface area (Å²) in [6, 6.07) is 8.34. The molecule has 1 amide bonds. The normalized spacial score (nSPS) is 21.1. The van der Waals surface area contributed by atoms with Gasteiger partial charge < -0.3 is 10.2 Å². The molecule has 2 saturated heterocycles. The van der Waals surface area contributed by atoms with Crippen LogP contribution in [0.1, 0.15) is 24.8 Å². The second-order valence-electron chi connectivity index (χ2n) is 5.60. The lowest BCUT2D eigenvalue weighted by atomic mass is 9.78. The fraction of sp³-hybridized carbons (Fsp3) is 0.533. The Bertz CT molecular complexity index is 489. The first-order chi connectivity index (χ1) is 9.21. The number of carbonyl (C=O) groups excluding carboxylic acids is 1. The molecule has 5 heteroatoms. The Hall–Kier alpha value is -0.330. The summed E-state index contributed by atoms with van der Waals surface area (Å²) in [6.07, 6.45) is 3.05. The van der Waals surface area contributed by atoms with Gasteiger partial charge in [-0.1, -0.05) is 18.2 Å². The summed E-state index contributed by atoms with van der Waals surface area (Å²) in [6.45, 7) is 3.67. The molecule has 3 rings (SSSR count). The third-order valence-corrected chi connectivity index (χ3v) is 5.53. The Morgan fingerprint density at radius 3 is 2.60 bits per heavy atom. The summed E-state index contributed by atoms with van der Waals surface area (Å²) in [5.74, 6) is 0.383. The van der Waals surface area contributed by atoms with Crippen molar-refractivity contribution in [3.63, 3.8) is 0 Å². The third kappa shape index (κ3) is 2.97. The first-order valence-corrected chi connectivity index (χ1v) is 8.03. The number of hydrogen-bond acceptors (Lipinski definition) is 2. The van der Waals surface area contributed by atoms with Crippen LogP contribution in [0.2, 0.25) is 0 Å². The van der Waals surface area contributed by atoms with Gasteiger partial charge in [-0.15, -0.1) is 12.4 Å². The monoisotopic (exact) mass is 406 g/mol. The van der Waals surface area contributed by atoms with Crippen molar-refractivity contribution in [3.05, 3.63) is 33.4 Å². The molecule has 3 nitrogen and oxygen atoms in total. The maximum atomic E-state index is 12.7. The predicted molar refractivity (Wildman–Crippen MR) is 91.0 cm³/mol. The van der Waals surface area contributed by atoms with Gasteiger partial charge in [-0.05, 0) is 66.6 Å². The number of piperidine rings is 1. The van der Waals surface area contributed by atoms with E-state index in [0.717, 1.165) is 45.4 Å². The van der Waals surface area contributed by atoms with E-state index in [0.29, 0.717) is 5.91 Å². The highest BCUT2D eigenvalue weighted by Gasteiger charge is 2.46. The summed E-state index contributed by atoms with van der Waals surface area (Å²) < 4.78 is 1.25. The Kier molecular flexibility index (Phi) is 5.31. The van der Waals surface area contributed by atoms with Crippen molar-refractivity contribution in [2.24, 2.45) is 5.41 Å². The maximum absolute atomic E-state index is 12.7. The zero-order chi connectivity index (χ0) is 13.3. The van der Waals surface area contributed by atoms with Gasteiger partial charge in [-0.3, -0.25) is 4.79 Å². The van der Waals surface area contributed by atoms with Crippen LogP contribution in [0.3, 0.4) is 0 Å². The summed E-state index contributed by atoms with van der Waals surface area (Å²) in [7, 11) is 0. The quantitative estimate of drug-likeness (QED) is 0.766. The summed E-state index contributed by atoms with van der Waals surface area (Å²) in [5, 5.41) is 3.36. The Labute approximate surface area is 140 Å². The van der Waals surface area contributed by atoms with Gasteiger partial charge in [0.2, 0.25) is 5.91 Å². The lowest BCUT2D eigenvalue weighted by Gasteiger charge is -2.32. The van der Waals surface area contributed by atoms with E-state index in [4.69, 9.17) is 0 Å². The number of nitrogens with zero attached hydrogens (tertiary/aromatic N) is 1. The zero-order valence-corrected chi connectivity index (χ0v) is 14.4. The standard InChI is InChI=1S/C15H19IN2O.ClH/c16-13-4-2-1-3-12(13)11-18-10-7-15(14(18)19)5-8-17-9-6-15;/h1-4,17H,5-11H2;1H. The second-order valence-corrected chi connectivity index (χ2v) is 6.76. The molecule has 1 aromatic carbocycles. The number of halogens is 2. The molecule has 0 aromatic heterocycles. The highest BCUT2D eigenvalue weighted by molar-refractivity contribution is 14.1. The molecule has 2 heterocycles. The zero-order valence-electron chi connectivity index (χ0n) is 11.4. The van der Waals surface area contributed by atoms with Crippen molar-refractivity contribution in [3.8, 4) is 0 Å². The van der Waals surface area contributed by atoms with Crippen molar-refractivity contribution in [2.75, 3.05) is 19.6 Å². The van der Waals surface area contributed by atoms with Crippen LogP contribution in [0, 0.1) is 8.99 Å². The number of hydrogen-bond donors (Lipinski definition) is 1. The van der Waals surface area contributed by atoms with Crippen LogP contribution < -0.4 is 5.32 Å². The second kappa shape index (κ2) is 6.62. The van der Waals surface area contributed by atoms with Gasteiger partial charge in [-0.2, -0.15) is 0 Å². The minimum absolute atomic E-state index is 0. The number of benzene rings is 1. The molecule has 0 unspecified atom stereocenters. The molecule has 0 bridgehead atoms. The van der Waals surface area contributed by atoms with Gasteiger partial charge in [0, 0.05) is 16.7 Å². The van der Waals surface area contributed by atoms with E-state index in [1.54, 1.807) is 0 Å². The molecule has 0 aliphatic carbocycles. The average Bonchev–Trinajstić information content (AvgIpc) is 2.72. The maximum Gasteiger partial charge on any atom is 0.229 e. The van der Waals surface area contributed by atoms with E-state index in [1.165, 1.54) is 9.13 Å². The molecule has 0 radical (unpaired) electrons. The lowest BCUT2D eigenvalue weighted by molar-refractivity contribution is -0.137. The van der Waals surface area contributed by atoms with E-state index < -0.39 is 0 Å². The van der Waals surface area contributed by atoms with Gasteiger partial charge in [0.1, 0.15) is 0 Å². The number of carbonyl (C=O) groups is 1. The van der Waals surface area contributed by atoms with Gasteiger partial charge in [0.05, 0.1) is 5.41 Å². The SMILES string of the molecule is Cl.O=C1N(Cc2ccccc2I)CCC12CCNCC2. The number of likely N-dealkylation sites (tertiary alicyclic amines) is 1. The summed E-state index contributed by atoms with van der Waals surface area (Å²) in [5.41, 5.74) is 1.22. The number of amides is 1. The van der Waals surface area contributed by atoms with Crippen molar-refractivity contribution >= 4 is 40.9 Å². The lowest BCUT2D eigenvalue weighted by Crippen LogP contribution is -2.42. The van der Waals surface area contributed by atoms with Crippen LogP contribution in [-0.4, -0.2) is 30.4 Å². The van der Waals surface area contributed by atoms with Gasteiger partial charge in [0.25, 0.3) is 0 Å². The van der Waals surface area contributed by atoms with E-state index in [2.05, 4.69) is 51.0 Å². The molecule has 2 aliphatic rings. The smallest absolute Gasteiger partial charge is 0.229 e. The molecule has 0 atom stereocenters. The fourth-order valence-electron chi connectivity index (χ4n) is 3.25. The molecule has 1 spiro atoms. The summed E-state index contributed by atoms with van der Waals surface area (Å²) in [4.78, 5) is 14.8. The number of nitrogens with one attached hydrogen (secondary N) is 1. The van der Waals surface area contributed by atoms with E-state index >= 15 is 0 Å². The van der Waals surface area contributed by atoms with E-state index in [1.807, 2.05) is 6.07 Å². The molecule has 110 valence electrons. The van der Waals surface area contributed by atoms with Crippen LogP contribution in [0.15, 0.2) is 24.3 Å². The fourth-order valence-corrected chi connectivity index (χ4v) is 3.80. The predicted octanol–water partition coefficient (Wildman–Crippen LogP) is 2.82. The number of rotatable bonds is 2. The molecular formula is C15H20ClIN2O. The largest absolute Gasteiger partial charge is 0.338 e. The molecule has 1 aromatic rings. The van der Waals surface area contributed by atoms with Gasteiger partial charge in [-0.25, -0.2) is 0 Å². The summed E-state index contributed by atoms with van der Waals surface area (Å²) >= 11 is 2.35. The minimum Gasteiger partial charge on any atom is -0.338 e. The first-order valence-electron chi connectivity index (χ1n) is 6.95. The van der Waals surface area contributed by atoms with Crippen molar-refractivity contribution in [2.45, 2.75) is 25.8 Å². The van der Waals surface area contributed by atoms with Crippen LogP contribution in [0.25, 0.3) is 0 Å². The molecule has 20 heavy (non-hydrogen) atoms. The van der Waals surface area contributed by atoms with Crippen LogP contribution >= 0.6 is 35.0 Å². The highest BCUT2D eigenvalue weighted by atomic mass is 127. The van der Waals surface area contributed by atoms with Crippen molar-refractivity contribution in [1.82, 2.24) is 10.2 Å². The Morgan fingerprint density at radius 2 is 1.90 bits per heavy atom. The van der Waals surface area contributed by atoms with Crippen molar-refractivity contribution < 1.29 is 4.79 Å². The first kappa shape index (κ1) is 16.0. The van der Waals surface area contributed by atoms with Crippen LogP contribution in [-0.2, 0) is 11.3 Å².